The Labute approximate surface area is 111 Å². The van der Waals surface area contributed by atoms with E-state index in [1.54, 1.807) is 0 Å². The van der Waals surface area contributed by atoms with E-state index in [1.807, 2.05) is 0 Å². The van der Waals surface area contributed by atoms with E-state index in [4.69, 9.17) is 0 Å². The molecular formula is C14H27N3O. The fourth-order valence-corrected chi connectivity index (χ4v) is 3.16. The van der Waals surface area contributed by atoms with Crippen molar-refractivity contribution in [3.05, 3.63) is 0 Å². The molecular weight excluding hydrogens is 226 g/mol. The zero-order valence-electron chi connectivity index (χ0n) is 11.8. The van der Waals surface area contributed by atoms with E-state index in [-0.39, 0.29) is 5.92 Å². The summed E-state index contributed by atoms with van der Waals surface area (Å²) in [7, 11) is 2.11. The maximum absolute atomic E-state index is 12.5. The Morgan fingerprint density at radius 1 is 1.44 bits per heavy atom. The molecule has 2 atom stereocenters. The van der Waals surface area contributed by atoms with E-state index >= 15 is 0 Å². The fraction of sp³-hybridized carbons (Fsp3) is 0.929. The molecule has 0 aromatic rings. The average Bonchev–Trinajstić information content (AvgIpc) is 2.83. The highest BCUT2D eigenvalue weighted by molar-refractivity contribution is 5.79. The Morgan fingerprint density at radius 3 is 2.83 bits per heavy atom. The van der Waals surface area contributed by atoms with Crippen LogP contribution < -0.4 is 5.32 Å². The summed E-state index contributed by atoms with van der Waals surface area (Å²) >= 11 is 0. The van der Waals surface area contributed by atoms with Gasteiger partial charge in [-0.15, -0.1) is 0 Å². The Kier molecular flexibility index (Phi) is 5.01. The summed E-state index contributed by atoms with van der Waals surface area (Å²) in [6, 6.07) is 0. The summed E-state index contributed by atoms with van der Waals surface area (Å²) in [5.74, 6) is 1.28. The standard InChI is InChI=1S/C14H27N3O/c1-3-17(10-12-5-4-7-15-9-12)14(18)13-6-8-16(2)11-13/h12-13,15H,3-11H2,1-2H3. The topological polar surface area (TPSA) is 35.6 Å². The summed E-state index contributed by atoms with van der Waals surface area (Å²) in [6.07, 6.45) is 3.55. The molecule has 2 unspecified atom stereocenters. The molecule has 0 spiro atoms. The van der Waals surface area contributed by atoms with Gasteiger partial charge in [0.1, 0.15) is 0 Å². The van der Waals surface area contributed by atoms with Gasteiger partial charge in [0.05, 0.1) is 5.92 Å². The minimum absolute atomic E-state index is 0.242. The van der Waals surface area contributed by atoms with Crippen LogP contribution in [0.25, 0.3) is 0 Å². The number of nitrogens with one attached hydrogen (secondary N) is 1. The minimum Gasteiger partial charge on any atom is -0.342 e. The van der Waals surface area contributed by atoms with Crippen molar-refractivity contribution < 1.29 is 4.79 Å². The molecule has 18 heavy (non-hydrogen) atoms. The highest BCUT2D eigenvalue weighted by atomic mass is 16.2. The minimum atomic E-state index is 0.242. The van der Waals surface area contributed by atoms with Crippen molar-refractivity contribution in [2.45, 2.75) is 26.2 Å². The Morgan fingerprint density at radius 2 is 2.28 bits per heavy atom. The molecule has 0 saturated carbocycles. The Hall–Kier alpha value is -0.610. The van der Waals surface area contributed by atoms with Gasteiger partial charge in [-0.05, 0) is 58.8 Å². The average molecular weight is 253 g/mol. The lowest BCUT2D eigenvalue weighted by atomic mass is 9.98. The smallest absolute Gasteiger partial charge is 0.227 e. The summed E-state index contributed by atoms with van der Waals surface area (Å²) in [5, 5.41) is 3.43. The fourth-order valence-electron chi connectivity index (χ4n) is 3.16. The van der Waals surface area contributed by atoms with E-state index in [0.29, 0.717) is 11.8 Å². The highest BCUT2D eigenvalue weighted by Gasteiger charge is 2.30. The summed E-state index contributed by atoms with van der Waals surface area (Å²) < 4.78 is 0. The van der Waals surface area contributed by atoms with Crippen LogP contribution in [0.1, 0.15) is 26.2 Å². The van der Waals surface area contributed by atoms with Crippen LogP contribution in [0.5, 0.6) is 0 Å². The van der Waals surface area contributed by atoms with Crippen molar-refractivity contribution in [3.63, 3.8) is 0 Å². The number of likely N-dealkylation sites (tertiary alicyclic amines) is 1. The molecule has 0 aromatic carbocycles. The van der Waals surface area contributed by atoms with Crippen molar-refractivity contribution in [3.8, 4) is 0 Å². The van der Waals surface area contributed by atoms with Crippen molar-refractivity contribution in [2.24, 2.45) is 11.8 Å². The number of piperidine rings is 1. The van der Waals surface area contributed by atoms with Crippen LogP contribution in [-0.2, 0) is 4.79 Å². The van der Waals surface area contributed by atoms with Gasteiger partial charge in [0.25, 0.3) is 0 Å². The lowest BCUT2D eigenvalue weighted by Gasteiger charge is -2.31. The molecule has 2 saturated heterocycles. The molecule has 2 heterocycles. The molecule has 104 valence electrons. The van der Waals surface area contributed by atoms with Crippen LogP contribution in [0.4, 0.5) is 0 Å². The third-order valence-corrected chi connectivity index (χ3v) is 4.31. The van der Waals surface area contributed by atoms with Crippen molar-refractivity contribution in [1.82, 2.24) is 15.1 Å². The monoisotopic (exact) mass is 253 g/mol. The number of rotatable bonds is 4. The first-order valence-corrected chi connectivity index (χ1v) is 7.38. The maximum atomic E-state index is 12.5. The summed E-state index contributed by atoms with van der Waals surface area (Å²) in [5.41, 5.74) is 0. The number of hydrogen-bond donors (Lipinski definition) is 1. The quantitative estimate of drug-likeness (QED) is 0.804. The Balaban J connectivity index is 1.85. The lowest BCUT2D eigenvalue weighted by molar-refractivity contribution is -0.135. The molecule has 2 aliphatic rings. The number of amides is 1. The number of hydrogen-bond acceptors (Lipinski definition) is 3. The predicted molar refractivity (Wildman–Crippen MR) is 73.5 cm³/mol. The summed E-state index contributed by atoms with van der Waals surface area (Å²) in [6.45, 7) is 8.14. The van der Waals surface area contributed by atoms with Crippen LogP contribution in [0.3, 0.4) is 0 Å². The van der Waals surface area contributed by atoms with Gasteiger partial charge in [-0.25, -0.2) is 0 Å². The van der Waals surface area contributed by atoms with E-state index in [1.165, 1.54) is 12.8 Å². The van der Waals surface area contributed by atoms with Gasteiger partial charge >= 0.3 is 0 Å². The first kappa shape index (κ1) is 13.8. The van der Waals surface area contributed by atoms with Crippen molar-refractivity contribution >= 4 is 5.91 Å². The van der Waals surface area contributed by atoms with E-state index in [9.17, 15) is 4.79 Å². The zero-order chi connectivity index (χ0) is 13.0. The van der Waals surface area contributed by atoms with E-state index in [0.717, 1.165) is 45.7 Å². The third kappa shape index (κ3) is 3.45. The van der Waals surface area contributed by atoms with Gasteiger partial charge in [0.2, 0.25) is 5.91 Å². The number of carbonyl (C=O) groups excluding carboxylic acids is 1. The number of carbonyl (C=O) groups is 1. The zero-order valence-corrected chi connectivity index (χ0v) is 11.8. The van der Waals surface area contributed by atoms with Gasteiger partial charge in [-0.1, -0.05) is 0 Å². The first-order valence-electron chi connectivity index (χ1n) is 7.38. The van der Waals surface area contributed by atoms with Gasteiger partial charge < -0.3 is 15.1 Å². The van der Waals surface area contributed by atoms with Gasteiger partial charge in [0.15, 0.2) is 0 Å². The molecule has 0 aromatic heterocycles. The second-order valence-corrected chi connectivity index (χ2v) is 5.84. The molecule has 2 rings (SSSR count). The van der Waals surface area contributed by atoms with Gasteiger partial charge in [-0.3, -0.25) is 4.79 Å². The maximum Gasteiger partial charge on any atom is 0.227 e. The predicted octanol–water partition coefficient (Wildman–Crippen LogP) is 0.786. The van der Waals surface area contributed by atoms with E-state index < -0.39 is 0 Å². The molecule has 0 bridgehead atoms. The molecule has 4 nitrogen and oxygen atoms in total. The van der Waals surface area contributed by atoms with Crippen molar-refractivity contribution in [2.75, 3.05) is 46.3 Å². The molecule has 1 N–H and O–H groups in total. The summed E-state index contributed by atoms with van der Waals surface area (Å²) in [4.78, 5) is 16.8. The van der Waals surface area contributed by atoms with Crippen molar-refractivity contribution in [1.29, 1.82) is 0 Å². The largest absolute Gasteiger partial charge is 0.342 e. The molecule has 2 fully saturated rings. The first-order chi connectivity index (χ1) is 8.70. The second kappa shape index (κ2) is 6.53. The van der Waals surface area contributed by atoms with Gasteiger partial charge in [-0.2, -0.15) is 0 Å². The van der Waals surface area contributed by atoms with E-state index in [2.05, 4.69) is 29.1 Å². The lowest BCUT2D eigenvalue weighted by Crippen LogP contribution is -2.43. The van der Waals surface area contributed by atoms with Crippen LogP contribution >= 0.6 is 0 Å². The van der Waals surface area contributed by atoms with Gasteiger partial charge in [0, 0.05) is 19.6 Å². The normalized spacial score (nSPS) is 29.4. The molecule has 0 radical (unpaired) electrons. The van der Waals surface area contributed by atoms with Crippen LogP contribution in [0, 0.1) is 11.8 Å². The molecule has 4 heteroatoms. The van der Waals surface area contributed by atoms with Crippen LogP contribution in [0.15, 0.2) is 0 Å². The number of nitrogens with zero attached hydrogens (tertiary/aromatic N) is 2. The van der Waals surface area contributed by atoms with Crippen LogP contribution in [-0.4, -0.2) is 62.0 Å². The second-order valence-electron chi connectivity index (χ2n) is 5.84. The molecule has 1 amide bonds. The highest BCUT2D eigenvalue weighted by Crippen LogP contribution is 2.19. The third-order valence-electron chi connectivity index (χ3n) is 4.31. The molecule has 2 aliphatic heterocycles. The Bertz CT molecular complexity index is 276. The SMILES string of the molecule is CCN(CC1CCCNC1)C(=O)C1CCN(C)C1. The molecule has 0 aliphatic carbocycles. The van der Waals surface area contributed by atoms with Crippen LogP contribution in [0.2, 0.25) is 0 Å².